The number of nitrogens with one attached hydrogen (secondary N) is 1. The van der Waals surface area contributed by atoms with Crippen LogP contribution in [-0.4, -0.2) is 40.7 Å². The van der Waals surface area contributed by atoms with Crippen molar-refractivity contribution in [2.45, 2.75) is 44.7 Å². The number of carboxylic acid groups (broad SMARTS) is 1. The first kappa shape index (κ1) is 19.0. The molecule has 0 radical (unpaired) electrons. The van der Waals surface area contributed by atoms with Gasteiger partial charge >= 0.3 is 5.97 Å². The van der Waals surface area contributed by atoms with Gasteiger partial charge in [0, 0.05) is 43.7 Å². The average molecular weight is 417 g/mol. The number of hydrogen-bond donors (Lipinski definition) is 2. The molecule has 2 saturated carbocycles. The van der Waals surface area contributed by atoms with Crippen LogP contribution in [0, 0.1) is 17.0 Å². The van der Waals surface area contributed by atoms with Gasteiger partial charge in [-0.15, -0.1) is 0 Å². The summed E-state index contributed by atoms with van der Waals surface area (Å²) in [4.78, 5) is 37.0. The zero-order chi connectivity index (χ0) is 21.4. The molecule has 2 N–H and O–H groups in total. The third-order valence-corrected chi connectivity index (χ3v) is 6.62. The van der Waals surface area contributed by atoms with Crippen molar-refractivity contribution in [1.82, 2.24) is 9.88 Å². The fourth-order valence-electron chi connectivity index (χ4n) is 4.85. The van der Waals surface area contributed by atoms with E-state index in [2.05, 4.69) is 5.32 Å². The van der Waals surface area contributed by atoms with E-state index in [1.54, 1.807) is 4.90 Å². The third-order valence-electron chi connectivity index (χ3n) is 6.62. The molecule has 2 heterocycles. The van der Waals surface area contributed by atoms with Gasteiger partial charge in [0.2, 0.25) is 11.3 Å². The third kappa shape index (κ3) is 2.79. The van der Waals surface area contributed by atoms with Gasteiger partial charge in [-0.05, 0) is 31.7 Å². The quantitative estimate of drug-likeness (QED) is 0.797. The molecular weight excluding hydrogens is 396 g/mol. The number of carboxylic acids is 1. The number of nitrogens with zero attached hydrogens (tertiary/aromatic N) is 2. The number of halogens is 2. The normalized spacial score (nSPS) is 25.2. The molecule has 5 rings (SSSR count). The number of carbonyl (C=O) groups excluding carboxylic acids is 1. The van der Waals surface area contributed by atoms with Crippen LogP contribution in [0.5, 0.6) is 0 Å². The lowest BCUT2D eigenvalue weighted by Crippen LogP contribution is -2.30. The molecule has 1 saturated heterocycles. The number of carbonyl (C=O) groups is 2. The van der Waals surface area contributed by atoms with Gasteiger partial charge in [-0.2, -0.15) is 0 Å². The van der Waals surface area contributed by atoms with Crippen molar-refractivity contribution < 1.29 is 23.5 Å². The highest BCUT2D eigenvalue weighted by molar-refractivity contribution is 5.94. The zero-order valence-corrected chi connectivity index (χ0v) is 16.4. The van der Waals surface area contributed by atoms with E-state index >= 15 is 8.78 Å². The lowest BCUT2D eigenvalue weighted by atomic mass is 10.1. The van der Waals surface area contributed by atoms with E-state index in [1.165, 1.54) is 17.7 Å². The van der Waals surface area contributed by atoms with Crippen LogP contribution in [0.25, 0.3) is 10.9 Å². The molecule has 1 aromatic heterocycles. The summed E-state index contributed by atoms with van der Waals surface area (Å²) in [6.07, 6.45) is 4.15. The fraction of sp³-hybridized carbons (Fsp3) is 0.476. The predicted molar refractivity (Wildman–Crippen MR) is 105 cm³/mol. The molecule has 158 valence electrons. The summed E-state index contributed by atoms with van der Waals surface area (Å²) in [6, 6.07) is 0.871. The topological polar surface area (TPSA) is 91.6 Å². The monoisotopic (exact) mass is 417 g/mol. The Morgan fingerprint density at radius 3 is 2.67 bits per heavy atom. The zero-order valence-electron chi connectivity index (χ0n) is 16.4. The van der Waals surface area contributed by atoms with Crippen LogP contribution < -0.4 is 15.6 Å². The standard InChI is InChI=1S/C21H21F2N3O4/c1-10(27)24-15-7-21(15)4-5-25(9-21)18-14(22)6-12-17(16(18)23)26(11-2-3-11)8-13(19(12)28)20(29)30/h6,8,11,15H,2-5,7,9H2,1H3,(H,24,27)(H,29,30). The molecule has 7 nitrogen and oxygen atoms in total. The summed E-state index contributed by atoms with van der Waals surface area (Å²) in [5.41, 5.74) is -1.78. The van der Waals surface area contributed by atoms with Crippen molar-refractivity contribution in [1.29, 1.82) is 0 Å². The molecule has 1 amide bonds. The van der Waals surface area contributed by atoms with E-state index < -0.39 is 28.6 Å². The van der Waals surface area contributed by atoms with Crippen LogP contribution >= 0.6 is 0 Å². The first-order valence-electron chi connectivity index (χ1n) is 10.0. The van der Waals surface area contributed by atoms with Crippen molar-refractivity contribution in [2.75, 3.05) is 18.0 Å². The number of aromatic nitrogens is 1. The Hall–Kier alpha value is -2.97. The van der Waals surface area contributed by atoms with Crippen molar-refractivity contribution in [3.05, 3.63) is 39.7 Å². The minimum absolute atomic E-state index is 0.00866. The van der Waals surface area contributed by atoms with Crippen molar-refractivity contribution in [3.63, 3.8) is 0 Å². The van der Waals surface area contributed by atoms with Crippen LogP contribution in [-0.2, 0) is 4.79 Å². The molecule has 1 aliphatic heterocycles. The Bertz CT molecular complexity index is 1170. The molecule has 0 bridgehead atoms. The number of fused-ring (bicyclic) bond motifs is 1. The molecule has 9 heteroatoms. The Morgan fingerprint density at radius 2 is 2.03 bits per heavy atom. The van der Waals surface area contributed by atoms with E-state index in [1.807, 2.05) is 0 Å². The first-order valence-corrected chi connectivity index (χ1v) is 10.0. The molecule has 1 aromatic carbocycles. The number of rotatable bonds is 4. The van der Waals surface area contributed by atoms with Gasteiger partial charge in [0.1, 0.15) is 17.1 Å². The molecule has 1 spiro atoms. The Labute approximate surface area is 170 Å². The maximum Gasteiger partial charge on any atom is 0.341 e. The molecule has 2 aromatic rings. The lowest BCUT2D eigenvalue weighted by molar-refractivity contribution is -0.119. The van der Waals surface area contributed by atoms with E-state index in [0.717, 1.165) is 25.3 Å². The number of pyridine rings is 1. The number of amides is 1. The fourth-order valence-corrected chi connectivity index (χ4v) is 4.85. The molecular formula is C21H21F2N3O4. The highest BCUT2D eigenvalue weighted by Crippen LogP contribution is 2.54. The molecule has 2 atom stereocenters. The summed E-state index contributed by atoms with van der Waals surface area (Å²) in [5, 5.41) is 12.0. The summed E-state index contributed by atoms with van der Waals surface area (Å²) in [6.45, 7) is 2.30. The minimum Gasteiger partial charge on any atom is -0.477 e. The largest absolute Gasteiger partial charge is 0.477 e. The molecule has 2 unspecified atom stereocenters. The predicted octanol–water partition coefficient (Wildman–Crippen LogP) is 2.42. The number of hydrogen-bond acceptors (Lipinski definition) is 4. The van der Waals surface area contributed by atoms with Gasteiger partial charge in [0.15, 0.2) is 5.82 Å². The Morgan fingerprint density at radius 1 is 1.30 bits per heavy atom. The summed E-state index contributed by atoms with van der Waals surface area (Å²) in [5.74, 6) is -3.25. The van der Waals surface area contributed by atoms with Crippen LogP contribution in [0.1, 0.15) is 49.0 Å². The van der Waals surface area contributed by atoms with E-state index in [-0.39, 0.29) is 40.0 Å². The SMILES string of the molecule is CC(=O)NC1CC12CCN(c1c(F)cc3c(=O)c(C(=O)O)cn(C4CC4)c3c1F)C2. The number of aromatic carboxylic acids is 1. The van der Waals surface area contributed by atoms with Crippen molar-refractivity contribution in [2.24, 2.45) is 5.41 Å². The smallest absolute Gasteiger partial charge is 0.341 e. The Kier molecular flexibility index (Phi) is 3.97. The lowest BCUT2D eigenvalue weighted by Gasteiger charge is -2.22. The van der Waals surface area contributed by atoms with Gasteiger partial charge in [0.25, 0.3) is 0 Å². The van der Waals surface area contributed by atoms with Crippen LogP contribution in [0.4, 0.5) is 14.5 Å². The van der Waals surface area contributed by atoms with Gasteiger partial charge in [-0.25, -0.2) is 13.6 Å². The maximum absolute atomic E-state index is 15.7. The molecule has 3 aliphatic rings. The van der Waals surface area contributed by atoms with Crippen LogP contribution in [0.2, 0.25) is 0 Å². The second-order valence-electron chi connectivity index (χ2n) is 8.72. The van der Waals surface area contributed by atoms with E-state index in [4.69, 9.17) is 0 Å². The number of anilines is 1. The highest BCUT2D eigenvalue weighted by Gasteiger charge is 2.58. The van der Waals surface area contributed by atoms with Gasteiger partial charge in [-0.3, -0.25) is 9.59 Å². The summed E-state index contributed by atoms with van der Waals surface area (Å²) >= 11 is 0. The van der Waals surface area contributed by atoms with Crippen LogP contribution in [0.3, 0.4) is 0 Å². The summed E-state index contributed by atoms with van der Waals surface area (Å²) < 4.78 is 32.2. The highest BCUT2D eigenvalue weighted by atomic mass is 19.1. The van der Waals surface area contributed by atoms with Crippen molar-refractivity contribution in [3.8, 4) is 0 Å². The molecule has 3 fully saturated rings. The van der Waals surface area contributed by atoms with Crippen LogP contribution in [0.15, 0.2) is 17.1 Å². The first-order chi connectivity index (χ1) is 14.2. The van der Waals surface area contributed by atoms with E-state index in [9.17, 15) is 19.5 Å². The maximum atomic E-state index is 15.7. The average Bonchev–Trinajstić information content (AvgIpc) is 3.56. The second kappa shape index (κ2) is 6.26. The van der Waals surface area contributed by atoms with Gasteiger partial charge in [0.05, 0.1) is 10.9 Å². The second-order valence-corrected chi connectivity index (χ2v) is 8.72. The Balaban J connectivity index is 1.60. The summed E-state index contributed by atoms with van der Waals surface area (Å²) in [7, 11) is 0. The minimum atomic E-state index is -1.42. The van der Waals surface area contributed by atoms with E-state index in [0.29, 0.717) is 19.5 Å². The molecule has 30 heavy (non-hydrogen) atoms. The molecule has 2 aliphatic carbocycles. The van der Waals surface area contributed by atoms with Gasteiger partial charge < -0.3 is 19.9 Å². The number of benzene rings is 1. The van der Waals surface area contributed by atoms with Crippen molar-refractivity contribution >= 4 is 28.5 Å². The van der Waals surface area contributed by atoms with Gasteiger partial charge in [-0.1, -0.05) is 0 Å².